The van der Waals surface area contributed by atoms with E-state index in [0.717, 1.165) is 6.42 Å². The first-order valence-corrected chi connectivity index (χ1v) is 5.91. The molecule has 1 aliphatic rings. The van der Waals surface area contributed by atoms with Gasteiger partial charge in [0.1, 0.15) is 6.04 Å². The Morgan fingerprint density at radius 3 is 2.72 bits per heavy atom. The Bertz CT molecular complexity index is 322. The van der Waals surface area contributed by atoms with Gasteiger partial charge in [0.15, 0.2) is 0 Å². The molecule has 1 aliphatic heterocycles. The fraction of sp³-hybridized carbons (Fsp3) is 0.818. The van der Waals surface area contributed by atoms with Crippen LogP contribution >= 0.6 is 0 Å². The first-order chi connectivity index (χ1) is 8.37. The molecule has 0 radical (unpaired) electrons. The van der Waals surface area contributed by atoms with Crippen LogP contribution in [0.15, 0.2) is 0 Å². The highest BCUT2D eigenvalue weighted by Gasteiger charge is 2.45. The molecule has 104 valence electrons. The van der Waals surface area contributed by atoms with Gasteiger partial charge in [0.25, 0.3) is 5.92 Å². The summed E-state index contributed by atoms with van der Waals surface area (Å²) < 4.78 is 31.2. The second kappa shape index (κ2) is 5.97. The minimum Gasteiger partial charge on any atom is -0.480 e. The summed E-state index contributed by atoms with van der Waals surface area (Å²) in [6, 6.07) is -1.22. The molecule has 7 heteroatoms. The molecule has 1 amide bonds. The summed E-state index contributed by atoms with van der Waals surface area (Å²) in [4.78, 5) is 23.1. The van der Waals surface area contributed by atoms with Crippen molar-refractivity contribution in [2.75, 3.05) is 13.2 Å². The number of carboxylic acid groups (broad SMARTS) is 1. The van der Waals surface area contributed by atoms with Crippen LogP contribution in [0, 0.1) is 0 Å². The highest BCUT2D eigenvalue weighted by atomic mass is 19.3. The van der Waals surface area contributed by atoms with E-state index in [1.165, 1.54) is 0 Å². The van der Waals surface area contributed by atoms with Crippen LogP contribution in [0.25, 0.3) is 0 Å². The van der Waals surface area contributed by atoms with Crippen LogP contribution in [0.2, 0.25) is 0 Å². The number of halogens is 2. The number of nitrogens with zero attached hydrogens (tertiary/aromatic N) is 1. The Kier molecular flexibility index (Phi) is 4.86. The van der Waals surface area contributed by atoms with E-state index >= 15 is 0 Å². The van der Waals surface area contributed by atoms with Crippen molar-refractivity contribution >= 4 is 12.1 Å². The fourth-order valence-electron chi connectivity index (χ4n) is 1.78. The molecule has 0 aromatic rings. The summed E-state index contributed by atoms with van der Waals surface area (Å²) in [6.07, 6.45) is -0.344. The Hall–Kier alpha value is -1.40. The standard InChI is InChI=1S/C11H17F2NO4/c1-2-3-6-18-10(17)14-7-11(12,13)5-4-8(14)9(15)16/h8H,2-7H2,1H3,(H,15,16). The topological polar surface area (TPSA) is 66.8 Å². The van der Waals surface area contributed by atoms with Crippen molar-refractivity contribution in [2.45, 2.75) is 44.6 Å². The van der Waals surface area contributed by atoms with Crippen LogP contribution in [-0.4, -0.2) is 47.2 Å². The molecule has 1 rings (SSSR count). The normalized spacial score (nSPS) is 22.6. The lowest BCUT2D eigenvalue weighted by Crippen LogP contribution is -2.54. The van der Waals surface area contributed by atoms with E-state index in [9.17, 15) is 18.4 Å². The Morgan fingerprint density at radius 2 is 2.17 bits per heavy atom. The van der Waals surface area contributed by atoms with E-state index in [1.807, 2.05) is 6.92 Å². The summed E-state index contributed by atoms with van der Waals surface area (Å²) >= 11 is 0. The van der Waals surface area contributed by atoms with Gasteiger partial charge in [0.05, 0.1) is 13.2 Å². The SMILES string of the molecule is CCCCOC(=O)N1CC(F)(F)CCC1C(=O)O. The van der Waals surface area contributed by atoms with Gasteiger partial charge in [0.2, 0.25) is 0 Å². The number of amides is 1. The van der Waals surface area contributed by atoms with Crippen molar-refractivity contribution in [1.29, 1.82) is 0 Å². The van der Waals surface area contributed by atoms with Gasteiger partial charge in [0, 0.05) is 6.42 Å². The molecule has 0 aliphatic carbocycles. The molecular weight excluding hydrogens is 248 g/mol. The third-order valence-corrected chi connectivity index (χ3v) is 2.80. The largest absolute Gasteiger partial charge is 0.480 e. The number of aliphatic carboxylic acids is 1. The summed E-state index contributed by atoms with van der Waals surface area (Å²) in [5.41, 5.74) is 0. The summed E-state index contributed by atoms with van der Waals surface area (Å²) in [6.45, 7) is 1.11. The number of carboxylic acids is 1. The van der Waals surface area contributed by atoms with Crippen LogP contribution in [-0.2, 0) is 9.53 Å². The lowest BCUT2D eigenvalue weighted by Gasteiger charge is -2.36. The number of ether oxygens (including phenoxy) is 1. The van der Waals surface area contributed by atoms with Crippen LogP contribution in [0.3, 0.4) is 0 Å². The first kappa shape index (κ1) is 14.7. The van der Waals surface area contributed by atoms with Crippen LogP contribution in [0.4, 0.5) is 13.6 Å². The lowest BCUT2D eigenvalue weighted by molar-refractivity contribution is -0.150. The van der Waals surface area contributed by atoms with E-state index < -0.39 is 37.0 Å². The molecule has 0 bridgehead atoms. The third kappa shape index (κ3) is 3.82. The van der Waals surface area contributed by atoms with E-state index in [0.29, 0.717) is 11.3 Å². The number of hydrogen-bond donors (Lipinski definition) is 1. The van der Waals surface area contributed by atoms with Gasteiger partial charge in [-0.1, -0.05) is 13.3 Å². The van der Waals surface area contributed by atoms with Gasteiger partial charge in [-0.2, -0.15) is 0 Å². The number of hydrogen-bond acceptors (Lipinski definition) is 3. The Morgan fingerprint density at radius 1 is 1.50 bits per heavy atom. The second-order valence-corrected chi connectivity index (χ2v) is 4.34. The fourth-order valence-corrected chi connectivity index (χ4v) is 1.78. The molecule has 5 nitrogen and oxygen atoms in total. The van der Waals surface area contributed by atoms with Gasteiger partial charge >= 0.3 is 12.1 Å². The zero-order valence-electron chi connectivity index (χ0n) is 10.2. The van der Waals surface area contributed by atoms with Crippen molar-refractivity contribution in [1.82, 2.24) is 4.90 Å². The van der Waals surface area contributed by atoms with E-state index in [-0.39, 0.29) is 13.0 Å². The smallest absolute Gasteiger partial charge is 0.410 e. The Balaban J connectivity index is 2.66. The molecule has 0 aromatic carbocycles. The van der Waals surface area contributed by atoms with Gasteiger partial charge in [-0.15, -0.1) is 0 Å². The molecular formula is C11H17F2NO4. The monoisotopic (exact) mass is 265 g/mol. The van der Waals surface area contributed by atoms with Crippen molar-refractivity contribution in [3.8, 4) is 0 Å². The molecule has 1 fully saturated rings. The molecule has 1 heterocycles. The highest BCUT2D eigenvalue weighted by molar-refractivity contribution is 5.80. The molecule has 18 heavy (non-hydrogen) atoms. The van der Waals surface area contributed by atoms with Crippen molar-refractivity contribution < 1.29 is 28.2 Å². The molecule has 1 unspecified atom stereocenters. The van der Waals surface area contributed by atoms with Gasteiger partial charge in [-0.3, -0.25) is 4.90 Å². The minimum atomic E-state index is -3.05. The van der Waals surface area contributed by atoms with Gasteiger partial charge < -0.3 is 9.84 Å². The molecule has 0 spiro atoms. The predicted molar refractivity (Wildman–Crippen MR) is 58.6 cm³/mol. The molecule has 1 N–H and O–H groups in total. The number of carbonyl (C=O) groups is 2. The Labute approximate surface area is 104 Å². The zero-order valence-corrected chi connectivity index (χ0v) is 10.2. The van der Waals surface area contributed by atoms with E-state index in [1.54, 1.807) is 0 Å². The predicted octanol–water partition coefficient (Wildman–Crippen LogP) is 2.11. The van der Waals surface area contributed by atoms with Crippen LogP contribution in [0.5, 0.6) is 0 Å². The molecule has 0 aromatic heterocycles. The van der Waals surface area contributed by atoms with E-state index in [4.69, 9.17) is 9.84 Å². The van der Waals surface area contributed by atoms with Crippen LogP contribution < -0.4 is 0 Å². The maximum absolute atomic E-state index is 13.2. The zero-order chi connectivity index (χ0) is 13.8. The number of unbranched alkanes of at least 4 members (excludes halogenated alkanes) is 1. The average Bonchev–Trinajstić information content (AvgIpc) is 2.27. The highest BCUT2D eigenvalue weighted by Crippen LogP contribution is 2.30. The van der Waals surface area contributed by atoms with Gasteiger partial charge in [-0.25, -0.2) is 18.4 Å². The maximum atomic E-state index is 13.2. The molecule has 1 atom stereocenters. The van der Waals surface area contributed by atoms with Crippen molar-refractivity contribution in [3.05, 3.63) is 0 Å². The van der Waals surface area contributed by atoms with Crippen molar-refractivity contribution in [2.24, 2.45) is 0 Å². The number of alkyl halides is 2. The number of carbonyl (C=O) groups excluding carboxylic acids is 1. The summed E-state index contributed by atoms with van der Waals surface area (Å²) in [5.74, 6) is -4.33. The number of rotatable bonds is 4. The summed E-state index contributed by atoms with van der Waals surface area (Å²) in [7, 11) is 0. The number of piperidine rings is 1. The van der Waals surface area contributed by atoms with Crippen LogP contribution in [0.1, 0.15) is 32.6 Å². The average molecular weight is 265 g/mol. The molecule has 0 saturated carbocycles. The third-order valence-electron chi connectivity index (χ3n) is 2.80. The second-order valence-electron chi connectivity index (χ2n) is 4.34. The molecule has 1 saturated heterocycles. The minimum absolute atomic E-state index is 0.115. The quantitative estimate of drug-likeness (QED) is 0.790. The summed E-state index contributed by atoms with van der Waals surface area (Å²) in [5, 5.41) is 8.91. The number of likely N-dealkylation sites (tertiary alicyclic amines) is 1. The van der Waals surface area contributed by atoms with Crippen molar-refractivity contribution in [3.63, 3.8) is 0 Å². The van der Waals surface area contributed by atoms with Gasteiger partial charge in [-0.05, 0) is 12.8 Å². The maximum Gasteiger partial charge on any atom is 0.410 e. The van der Waals surface area contributed by atoms with E-state index in [2.05, 4.69) is 0 Å². The first-order valence-electron chi connectivity index (χ1n) is 5.91. The lowest BCUT2D eigenvalue weighted by atomic mass is 10.00.